The smallest absolute Gasteiger partial charge is 0.410 e. The van der Waals surface area contributed by atoms with E-state index in [0.717, 1.165) is 17.7 Å². The number of likely N-dealkylation sites (tertiary alicyclic amines) is 2. The molecule has 0 spiro atoms. The van der Waals surface area contributed by atoms with Crippen LogP contribution in [-0.4, -0.2) is 52.9 Å². The van der Waals surface area contributed by atoms with Crippen LogP contribution in [-0.2, 0) is 4.79 Å². The Morgan fingerprint density at radius 2 is 2.04 bits per heavy atom. The highest BCUT2D eigenvalue weighted by Crippen LogP contribution is 2.33. The molecule has 2 aliphatic heterocycles. The highest BCUT2D eigenvalue weighted by atomic mass is 19.3. The molecule has 0 bridgehead atoms. The molecule has 2 heterocycles. The highest BCUT2D eigenvalue weighted by Gasteiger charge is 2.46. The van der Waals surface area contributed by atoms with Crippen molar-refractivity contribution < 1.29 is 23.1 Å². The van der Waals surface area contributed by atoms with E-state index in [9.17, 15) is 18.4 Å². The van der Waals surface area contributed by atoms with E-state index >= 15 is 0 Å². The Morgan fingerprint density at radius 1 is 1.33 bits per heavy atom. The van der Waals surface area contributed by atoms with Crippen LogP contribution >= 0.6 is 0 Å². The number of nitriles is 1. The van der Waals surface area contributed by atoms with E-state index in [0.29, 0.717) is 12.0 Å². The number of halogens is 2. The lowest BCUT2D eigenvalue weighted by atomic mass is 9.94. The largest absolute Gasteiger partial charge is 0.415 e. The summed E-state index contributed by atoms with van der Waals surface area (Å²) in [5.74, 6) is -3.06. The van der Waals surface area contributed by atoms with E-state index in [1.54, 1.807) is 0 Å². The SMILES string of the molecule is CC1CCCC(=O)N1[C@H]1CN(C(=O)Oc2ccc(C#N)cc2)CC(F)(F)C1. The number of rotatable bonds is 2. The van der Waals surface area contributed by atoms with Gasteiger partial charge in [-0.15, -0.1) is 0 Å². The molecule has 1 aromatic rings. The minimum atomic E-state index is -3.09. The molecule has 2 atom stereocenters. The second-order valence-corrected chi connectivity index (χ2v) is 7.14. The zero-order valence-corrected chi connectivity index (χ0v) is 15.0. The summed E-state index contributed by atoms with van der Waals surface area (Å²) in [7, 11) is 0. The number of alkyl halides is 2. The Kier molecular flexibility index (Phi) is 5.31. The average Bonchev–Trinajstić information content (AvgIpc) is 2.61. The lowest BCUT2D eigenvalue weighted by Gasteiger charge is -2.45. The van der Waals surface area contributed by atoms with E-state index in [4.69, 9.17) is 10.00 Å². The Morgan fingerprint density at radius 3 is 2.67 bits per heavy atom. The summed E-state index contributed by atoms with van der Waals surface area (Å²) in [6, 6.07) is 6.92. The Labute approximate surface area is 156 Å². The molecule has 0 radical (unpaired) electrons. The summed E-state index contributed by atoms with van der Waals surface area (Å²) in [5.41, 5.74) is 0.400. The first kappa shape index (κ1) is 19.1. The van der Waals surface area contributed by atoms with E-state index < -0.39 is 31.0 Å². The fraction of sp³-hybridized carbons (Fsp3) is 0.526. The van der Waals surface area contributed by atoms with Crippen molar-refractivity contribution in [3.05, 3.63) is 29.8 Å². The Balaban J connectivity index is 1.73. The number of nitrogens with zero attached hydrogens (tertiary/aromatic N) is 3. The number of amides is 2. The lowest BCUT2D eigenvalue weighted by Crippen LogP contribution is -2.60. The molecule has 8 heteroatoms. The van der Waals surface area contributed by atoms with Gasteiger partial charge in [0, 0.05) is 25.4 Å². The molecular weight excluding hydrogens is 356 g/mol. The Hall–Kier alpha value is -2.69. The van der Waals surface area contributed by atoms with Gasteiger partial charge >= 0.3 is 6.09 Å². The highest BCUT2D eigenvalue weighted by molar-refractivity contribution is 5.78. The maximum absolute atomic E-state index is 14.3. The zero-order valence-electron chi connectivity index (χ0n) is 15.0. The van der Waals surface area contributed by atoms with Crippen molar-refractivity contribution in [1.82, 2.24) is 9.80 Å². The third-order valence-electron chi connectivity index (χ3n) is 5.00. The number of benzene rings is 1. The van der Waals surface area contributed by atoms with Crippen LogP contribution in [0.4, 0.5) is 13.6 Å². The predicted octanol–water partition coefficient (Wildman–Crippen LogP) is 3.17. The number of carbonyl (C=O) groups is 2. The van der Waals surface area contributed by atoms with Crippen LogP contribution in [0.2, 0.25) is 0 Å². The summed E-state index contributed by atoms with van der Waals surface area (Å²) >= 11 is 0. The predicted molar refractivity (Wildman–Crippen MR) is 92.3 cm³/mol. The van der Waals surface area contributed by atoms with E-state index in [-0.39, 0.29) is 24.2 Å². The topological polar surface area (TPSA) is 73.6 Å². The first-order valence-electron chi connectivity index (χ1n) is 8.95. The van der Waals surface area contributed by atoms with Gasteiger partial charge in [0.1, 0.15) is 5.75 Å². The van der Waals surface area contributed by atoms with E-state index in [1.165, 1.54) is 29.2 Å². The van der Waals surface area contributed by atoms with Crippen molar-refractivity contribution in [2.24, 2.45) is 0 Å². The lowest BCUT2D eigenvalue weighted by molar-refractivity contribution is -0.146. The maximum Gasteiger partial charge on any atom is 0.415 e. The van der Waals surface area contributed by atoms with Gasteiger partial charge in [0.2, 0.25) is 5.91 Å². The van der Waals surface area contributed by atoms with Crippen molar-refractivity contribution in [2.75, 3.05) is 13.1 Å². The molecule has 0 saturated carbocycles. The maximum atomic E-state index is 14.3. The molecule has 1 aromatic carbocycles. The second-order valence-electron chi connectivity index (χ2n) is 7.14. The third-order valence-corrected chi connectivity index (χ3v) is 5.00. The first-order valence-corrected chi connectivity index (χ1v) is 8.95. The molecule has 2 fully saturated rings. The van der Waals surface area contributed by atoms with Gasteiger partial charge in [0.15, 0.2) is 0 Å². The van der Waals surface area contributed by atoms with Crippen LogP contribution < -0.4 is 4.74 Å². The minimum absolute atomic E-state index is 0.0147. The van der Waals surface area contributed by atoms with Crippen LogP contribution in [0.25, 0.3) is 0 Å². The van der Waals surface area contributed by atoms with Crippen molar-refractivity contribution in [3.63, 3.8) is 0 Å². The molecule has 3 rings (SSSR count). The third kappa shape index (κ3) is 4.35. The quantitative estimate of drug-likeness (QED) is 0.794. The average molecular weight is 377 g/mol. The van der Waals surface area contributed by atoms with Crippen LogP contribution in [0.5, 0.6) is 5.75 Å². The van der Waals surface area contributed by atoms with Crippen molar-refractivity contribution in [3.8, 4) is 11.8 Å². The molecule has 144 valence electrons. The van der Waals surface area contributed by atoms with Crippen LogP contribution in [0.15, 0.2) is 24.3 Å². The van der Waals surface area contributed by atoms with Gasteiger partial charge in [-0.1, -0.05) is 0 Å². The minimum Gasteiger partial charge on any atom is -0.410 e. The molecule has 2 amide bonds. The number of hydrogen-bond donors (Lipinski definition) is 0. The van der Waals surface area contributed by atoms with Crippen LogP contribution in [0.3, 0.4) is 0 Å². The number of ether oxygens (including phenoxy) is 1. The van der Waals surface area contributed by atoms with Gasteiger partial charge in [-0.2, -0.15) is 5.26 Å². The fourth-order valence-electron chi connectivity index (χ4n) is 3.79. The first-order chi connectivity index (χ1) is 12.8. The normalized spacial score (nSPS) is 25.0. The summed E-state index contributed by atoms with van der Waals surface area (Å²) in [4.78, 5) is 27.1. The summed E-state index contributed by atoms with van der Waals surface area (Å²) in [5, 5.41) is 8.79. The summed E-state index contributed by atoms with van der Waals surface area (Å²) in [6.45, 7) is 1.12. The van der Waals surface area contributed by atoms with Gasteiger partial charge < -0.3 is 9.64 Å². The van der Waals surface area contributed by atoms with E-state index in [2.05, 4.69) is 0 Å². The van der Waals surface area contributed by atoms with Crippen LogP contribution in [0, 0.1) is 11.3 Å². The van der Waals surface area contributed by atoms with Crippen molar-refractivity contribution >= 4 is 12.0 Å². The second kappa shape index (κ2) is 7.51. The summed E-state index contributed by atoms with van der Waals surface area (Å²) in [6.07, 6.45) is 0.528. The van der Waals surface area contributed by atoms with Gasteiger partial charge in [-0.25, -0.2) is 13.6 Å². The number of hydrogen-bond acceptors (Lipinski definition) is 4. The fourth-order valence-corrected chi connectivity index (χ4v) is 3.79. The van der Waals surface area contributed by atoms with Crippen LogP contribution in [0.1, 0.15) is 38.2 Å². The van der Waals surface area contributed by atoms with Gasteiger partial charge in [0.25, 0.3) is 5.92 Å². The van der Waals surface area contributed by atoms with Crippen molar-refractivity contribution in [2.45, 2.75) is 50.6 Å². The number of piperidine rings is 2. The molecule has 0 aliphatic carbocycles. The van der Waals surface area contributed by atoms with E-state index in [1.807, 2.05) is 13.0 Å². The molecule has 0 N–H and O–H groups in total. The molecule has 2 aliphatic rings. The molecule has 2 saturated heterocycles. The molecule has 6 nitrogen and oxygen atoms in total. The molecular formula is C19H21F2N3O3. The molecule has 27 heavy (non-hydrogen) atoms. The molecule has 1 unspecified atom stereocenters. The monoisotopic (exact) mass is 377 g/mol. The Bertz CT molecular complexity index is 760. The van der Waals surface area contributed by atoms with Gasteiger partial charge in [-0.05, 0) is 44.0 Å². The molecule has 0 aromatic heterocycles. The van der Waals surface area contributed by atoms with Gasteiger partial charge in [0.05, 0.1) is 24.2 Å². The summed E-state index contributed by atoms with van der Waals surface area (Å²) < 4.78 is 33.8. The zero-order chi connectivity index (χ0) is 19.6. The number of carbonyl (C=O) groups excluding carboxylic acids is 2. The standard InChI is InChI=1S/C19H21F2N3O3/c1-13-3-2-4-17(25)24(13)15-9-19(20,21)12-23(11-15)18(26)27-16-7-5-14(10-22)6-8-16/h5-8,13,15H,2-4,9,11-12H2,1H3/t13?,15-/m1/s1. The van der Waals surface area contributed by atoms with Crippen molar-refractivity contribution in [1.29, 1.82) is 5.26 Å². The van der Waals surface area contributed by atoms with Gasteiger partial charge in [-0.3, -0.25) is 9.69 Å².